The molecule has 1 atom stereocenters. The number of ether oxygens (including phenoxy) is 1. The summed E-state index contributed by atoms with van der Waals surface area (Å²) in [5.74, 6) is 0.870. The number of carboxylic acid groups (broad SMARTS) is 1. The number of aromatic nitrogens is 1. The van der Waals surface area contributed by atoms with Gasteiger partial charge in [-0.05, 0) is 55.2 Å². The molecule has 1 aromatic heterocycles. The lowest BCUT2D eigenvalue weighted by atomic mass is 9.86. The number of aryl methyl sites for hydroxylation is 1. The van der Waals surface area contributed by atoms with Crippen molar-refractivity contribution in [3.05, 3.63) is 87.3 Å². The van der Waals surface area contributed by atoms with E-state index in [0.717, 1.165) is 66.3 Å². The van der Waals surface area contributed by atoms with E-state index in [1.807, 2.05) is 24.3 Å². The van der Waals surface area contributed by atoms with Gasteiger partial charge in [0.25, 0.3) is 0 Å². The Balaban J connectivity index is 1.64. The van der Waals surface area contributed by atoms with E-state index in [4.69, 9.17) is 9.84 Å². The van der Waals surface area contributed by atoms with Crippen molar-refractivity contribution in [3.8, 4) is 16.9 Å². The van der Waals surface area contributed by atoms with Crippen LogP contribution in [0.4, 0.5) is 4.79 Å². The lowest BCUT2D eigenvalue weighted by Crippen LogP contribution is -2.28. The van der Waals surface area contributed by atoms with Crippen LogP contribution < -0.4 is 10.2 Å². The summed E-state index contributed by atoms with van der Waals surface area (Å²) in [5.41, 5.74) is 6.16. The summed E-state index contributed by atoms with van der Waals surface area (Å²) >= 11 is 0. The van der Waals surface area contributed by atoms with Crippen LogP contribution in [-0.4, -0.2) is 15.8 Å². The molecule has 1 aliphatic rings. The molecule has 0 saturated heterocycles. The minimum atomic E-state index is -1.32. The molecular weight excluding hydrogens is 414 g/mol. The Kier molecular flexibility index (Phi) is 6.97. The monoisotopic (exact) mass is 445 g/mol. The van der Waals surface area contributed by atoms with Gasteiger partial charge in [0, 0.05) is 35.1 Å². The fourth-order valence-electron chi connectivity index (χ4n) is 4.72. The summed E-state index contributed by atoms with van der Waals surface area (Å²) in [4.78, 5) is 24.1. The average molecular weight is 446 g/mol. The zero-order chi connectivity index (χ0) is 23.4. The first kappa shape index (κ1) is 22.8. The van der Waals surface area contributed by atoms with Crippen LogP contribution in [0.1, 0.15) is 55.5 Å². The molecule has 3 aromatic rings. The highest BCUT2D eigenvalue weighted by molar-refractivity contribution is 5.74. The summed E-state index contributed by atoms with van der Waals surface area (Å²) in [6.45, 7) is 5.10. The second-order valence-electron chi connectivity index (χ2n) is 9.05. The third kappa shape index (κ3) is 5.19. The zero-order valence-electron chi connectivity index (χ0n) is 19.3. The van der Waals surface area contributed by atoms with E-state index in [1.54, 1.807) is 12.1 Å². The van der Waals surface area contributed by atoms with Crippen LogP contribution in [0.2, 0.25) is 0 Å². The van der Waals surface area contributed by atoms with Crippen molar-refractivity contribution in [1.82, 2.24) is 4.57 Å². The fourth-order valence-corrected chi connectivity index (χ4v) is 4.72. The Labute approximate surface area is 194 Å². The van der Waals surface area contributed by atoms with Crippen LogP contribution in [0.3, 0.4) is 0 Å². The number of carbonyl (C=O) groups is 1. The maximum atomic E-state index is 13.1. The minimum absolute atomic E-state index is 0.256. The van der Waals surface area contributed by atoms with Crippen molar-refractivity contribution in [2.45, 2.75) is 58.9 Å². The van der Waals surface area contributed by atoms with Gasteiger partial charge in [0.05, 0.1) is 0 Å². The number of fused-ring (bicyclic) bond motifs is 1. The molecule has 0 aliphatic heterocycles. The van der Waals surface area contributed by atoms with Crippen molar-refractivity contribution < 1.29 is 14.6 Å². The smallest absolute Gasteiger partial charge is 0.449 e. The minimum Gasteiger partial charge on any atom is -0.449 e. The van der Waals surface area contributed by atoms with E-state index >= 15 is 0 Å². The standard InChI is InChI=1S/C28H31NO4/c1-3-4-7-22-18-29(25-15-10-19(2)16-24(25)27(22)30)17-20-11-13-21(14-12-20)23-8-5-6-9-26(23)33-28(31)32/h5-6,8-9,11-14,18-19H,3-4,7,10,15-17H2,1-2H3,(H,31,32). The van der Waals surface area contributed by atoms with Gasteiger partial charge in [-0.1, -0.05) is 62.7 Å². The third-order valence-electron chi connectivity index (χ3n) is 6.50. The van der Waals surface area contributed by atoms with Crippen LogP contribution in [0.5, 0.6) is 5.75 Å². The van der Waals surface area contributed by atoms with Gasteiger partial charge in [0.1, 0.15) is 5.75 Å². The molecular formula is C28H31NO4. The molecule has 4 rings (SSSR count). The molecule has 0 bridgehead atoms. The van der Waals surface area contributed by atoms with Gasteiger partial charge in [0.15, 0.2) is 5.43 Å². The Morgan fingerprint density at radius 1 is 1.15 bits per heavy atom. The molecule has 0 radical (unpaired) electrons. The highest BCUT2D eigenvalue weighted by Gasteiger charge is 2.22. The number of unbranched alkanes of at least 4 members (excludes halogenated alkanes) is 1. The number of hydrogen-bond donors (Lipinski definition) is 1. The number of pyridine rings is 1. The van der Waals surface area contributed by atoms with Crippen LogP contribution >= 0.6 is 0 Å². The van der Waals surface area contributed by atoms with Crippen LogP contribution in [0.25, 0.3) is 11.1 Å². The maximum Gasteiger partial charge on any atom is 0.511 e. The van der Waals surface area contributed by atoms with E-state index in [-0.39, 0.29) is 5.43 Å². The summed E-state index contributed by atoms with van der Waals surface area (Å²) in [6.07, 6.45) is 6.60. The van der Waals surface area contributed by atoms with Gasteiger partial charge < -0.3 is 14.4 Å². The summed E-state index contributed by atoms with van der Waals surface area (Å²) in [6, 6.07) is 15.2. The second-order valence-corrected chi connectivity index (χ2v) is 9.05. The zero-order valence-corrected chi connectivity index (χ0v) is 19.3. The van der Waals surface area contributed by atoms with E-state index < -0.39 is 6.16 Å². The Morgan fingerprint density at radius 2 is 1.91 bits per heavy atom. The van der Waals surface area contributed by atoms with Gasteiger partial charge in [-0.3, -0.25) is 4.79 Å². The molecule has 1 unspecified atom stereocenters. The molecule has 0 saturated carbocycles. The van der Waals surface area contributed by atoms with Gasteiger partial charge >= 0.3 is 6.16 Å². The van der Waals surface area contributed by atoms with Gasteiger partial charge in [-0.15, -0.1) is 0 Å². The van der Waals surface area contributed by atoms with Gasteiger partial charge in [-0.25, -0.2) is 4.79 Å². The van der Waals surface area contributed by atoms with Crippen LogP contribution in [0.15, 0.2) is 59.5 Å². The average Bonchev–Trinajstić information content (AvgIpc) is 2.80. The topological polar surface area (TPSA) is 68.5 Å². The first-order chi connectivity index (χ1) is 16.0. The molecule has 0 fully saturated rings. The van der Waals surface area contributed by atoms with Crippen molar-refractivity contribution in [1.29, 1.82) is 0 Å². The number of nitrogens with zero attached hydrogens (tertiary/aromatic N) is 1. The van der Waals surface area contributed by atoms with Crippen molar-refractivity contribution in [2.75, 3.05) is 0 Å². The van der Waals surface area contributed by atoms with Crippen molar-refractivity contribution >= 4 is 6.16 Å². The van der Waals surface area contributed by atoms with Gasteiger partial charge in [-0.2, -0.15) is 0 Å². The highest BCUT2D eigenvalue weighted by Crippen LogP contribution is 2.30. The maximum absolute atomic E-state index is 13.1. The second kappa shape index (κ2) is 10.1. The van der Waals surface area contributed by atoms with E-state index in [2.05, 4.69) is 36.7 Å². The van der Waals surface area contributed by atoms with Crippen LogP contribution in [-0.2, 0) is 25.8 Å². The van der Waals surface area contributed by atoms with Crippen molar-refractivity contribution in [3.63, 3.8) is 0 Å². The number of hydrogen-bond acceptors (Lipinski definition) is 3. The van der Waals surface area contributed by atoms with E-state index in [0.29, 0.717) is 18.2 Å². The molecule has 1 aliphatic carbocycles. The third-order valence-corrected chi connectivity index (χ3v) is 6.50. The molecule has 2 aromatic carbocycles. The number of rotatable bonds is 7. The van der Waals surface area contributed by atoms with Crippen LogP contribution in [0, 0.1) is 5.92 Å². The van der Waals surface area contributed by atoms with Gasteiger partial charge in [0.2, 0.25) is 0 Å². The lowest BCUT2D eigenvalue weighted by molar-refractivity contribution is 0.144. The normalized spacial score (nSPS) is 15.2. The Hall–Kier alpha value is -3.34. The molecule has 0 amide bonds. The molecule has 0 spiro atoms. The lowest BCUT2D eigenvalue weighted by Gasteiger charge is -2.26. The molecule has 5 nitrogen and oxygen atoms in total. The number of benzene rings is 2. The molecule has 33 heavy (non-hydrogen) atoms. The molecule has 5 heteroatoms. The largest absolute Gasteiger partial charge is 0.511 e. The summed E-state index contributed by atoms with van der Waals surface area (Å²) in [5, 5.41) is 9.01. The first-order valence-electron chi connectivity index (χ1n) is 11.8. The molecule has 1 heterocycles. The molecule has 1 N–H and O–H groups in total. The fraction of sp³-hybridized carbons (Fsp3) is 0.357. The highest BCUT2D eigenvalue weighted by atomic mass is 16.7. The number of para-hydroxylation sites is 1. The first-order valence-corrected chi connectivity index (χ1v) is 11.8. The Bertz CT molecular complexity index is 1190. The van der Waals surface area contributed by atoms with Crippen molar-refractivity contribution in [2.24, 2.45) is 5.92 Å². The van der Waals surface area contributed by atoms with E-state index in [9.17, 15) is 9.59 Å². The van der Waals surface area contributed by atoms with E-state index in [1.165, 1.54) is 5.69 Å². The SMILES string of the molecule is CCCCc1cn(Cc2ccc(-c3ccccc3OC(=O)O)cc2)c2c(c1=O)CC(C)CC2. The molecule has 172 valence electrons. The Morgan fingerprint density at radius 3 is 2.64 bits per heavy atom. The predicted octanol–water partition coefficient (Wildman–Crippen LogP) is 6.09. The quantitative estimate of drug-likeness (QED) is 0.353. The predicted molar refractivity (Wildman–Crippen MR) is 130 cm³/mol. The summed E-state index contributed by atoms with van der Waals surface area (Å²) < 4.78 is 7.22. The summed E-state index contributed by atoms with van der Waals surface area (Å²) in [7, 11) is 0.